The molecule has 0 amide bonds. The average Bonchev–Trinajstić information content (AvgIpc) is 2.17. The standard InChI is InChI=1S/C13H19NO/c1-13(2,3)12-7-5-6-11(8-12)9-14-10-15-4/h5-9H,10H2,1-4H3. The van der Waals surface area contributed by atoms with Gasteiger partial charge < -0.3 is 4.74 Å². The van der Waals surface area contributed by atoms with Gasteiger partial charge in [-0.2, -0.15) is 0 Å². The van der Waals surface area contributed by atoms with E-state index >= 15 is 0 Å². The average molecular weight is 205 g/mol. The van der Waals surface area contributed by atoms with E-state index in [0.29, 0.717) is 6.73 Å². The first-order chi connectivity index (χ1) is 7.04. The Bertz CT molecular complexity index is 337. The van der Waals surface area contributed by atoms with Crippen LogP contribution in [0.3, 0.4) is 0 Å². The summed E-state index contributed by atoms with van der Waals surface area (Å²) in [4.78, 5) is 4.14. The highest BCUT2D eigenvalue weighted by molar-refractivity contribution is 5.79. The Morgan fingerprint density at radius 1 is 1.33 bits per heavy atom. The van der Waals surface area contributed by atoms with E-state index in [9.17, 15) is 0 Å². The van der Waals surface area contributed by atoms with Crippen molar-refractivity contribution in [3.05, 3.63) is 35.4 Å². The molecule has 0 unspecified atom stereocenters. The second kappa shape index (κ2) is 5.08. The van der Waals surface area contributed by atoms with Crippen LogP contribution in [0.5, 0.6) is 0 Å². The van der Waals surface area contributed by atoms with E-state index in [4.69, 9.17) is 4.74 Å². The fraction of sp³-hybridized carbons (Fsp3) is 0.462. The zero-order valence-electron chi connectivity index (χ0n) is 9.95. The molecule has 82 valence electrons. The fourth-order valence-corrected chi connectivity index (χ4v) is 1.30. The van der Waals surface area contributed by atoms with Gasteiger partial charge in [0.1, 0.15) is 6.73 Å². The minimum absolute atomic E-state index is 0.186. The SMILES string of the molecule is COCN=Cc1cccc(C(C)(C)C)c1. The molecule has 0 aliphatic heterocycles. The van der Waals surface area contributed by atoms with Crippen LogP contribution in [0.2, 0.25) is 0 Å². The van der Waals surface area contributed by atoms with E-state index in [1.54, 1.807) is 7.11 Å². The smallest absolute Gasteiger partial charge is 0.137 e. The molecule has 1 rings (SSSR count). The summed E-state index contributed by atoms with van der Waals surface area (Å²) in [5.74, 6) is 0. The predicted octanol–water partition coefficient (Wildman–Crippen LogP) is 3.01. The minimum Gasteiger partial charge on any atom is -0.363 e. The highest BCUT2D eigenvalue weighted by Gasteiger charge is 2.12. The Morgan fingerprint density at radius 3 is 2.67 bits per heavy atom. The van der Waals surface area contributed by atoms with Crippen molar-refractivity contribution in [2.24, 2.45) is 4.99 Å². The van der Waals surface area contributed by atoms with Gasteiger partial charge in [0.2, 0.25) is 0 Å². The molecule has 2 heteroatoms. The first-order valence-electron chi connectivity index (χ1n) is 5.13. The zero-order valence-corrected chi connectivity index (χ0v) is 9.95. The predicted molar refractivity (Wildman–Crippen MR) is 64.6 cm³/mol. The molecule has 0 radical (unpaired) electrons. The van der Waals surface area contributed by atoms with Crippen LogP contribution in [0.15, 0.2) is 29.3 Å². The Kier molecular flexibility index (Phi) is 4.04. The Balaban J connectivity index is 2.84. The molecule has 0 aliphatic carbocycles. The number of hydrogen-bond donors (Lipinski definition) is 0. The van der Waals surface area contributed by atoms with Crippen LogP contribution in [0, 0.1) is 0 Å². The molecule has 2 nitrogen and oxygen atoms in total. The summed E-state index contributed by atoms with van der Waals surface area (Å²) < 4.78 is 4.86. The van der Waals surface area contributed by atoms with Gasteiger partial charge in [-0.1, -0.05) is 39.0 Å². The molecule has 0 fully saturated rings. The fourth-order valence-electron chi connectivity index (χ4n) is 1.30. The van der Waals surface area contributed by atoms with E-state index in [2.05, 4.69) is 50.0 Å². The summed E-state index contributed by atoms with van der Waals surface area (Å²) in [5.41, 5.74) is 2.63. The van der Waals surface area contributed by atoms with Gasteiger partial charge in [-0.05, 0) is 22.6 Å². The molecule has 0 saturated carbocycles. The third-order valence-electron chi connectivity index (χ3n) is 2.20. The molecular formula is C13H19NO. The molecule has 1 aromatic carbocycles. The quantitative estimate of drug-likeness (QED) is 0.695. The largest absolute Gasteiger partial charge is 0.363 e. The molecule has 0 atom stereocenters. The normalized spacial score (nSPS) is 12.3. The van der Waals surface area contributed by atoms with Crippen molar-refractivity contribution in [1.82, 2.24) is 0 Å². The molecule has 1 aromatic rings. The van der Waals surface area contributed by atoms with Crippen LogP contribution in [0.1, 0.15) is 31.9 Å². The van der Waals surface area contributed by atoms with Gasteiger partial charge in [-0.25, -0.2) is 0 Å². The van der Waals surface area contributed by atoms with Gasteiger partial charge in [0.15, 0.2) is 0 Å². The number of hydrogen-bond acceptors (Lipinski definition) is 2. The number of methoxy groups -OCH3 is 1. The van der Waals surface area contributed by atoms with Gasteiger partial charge in [0.05, 0.1) is 0 Å². The van der Waals surface area contributed by atoms with Crippen LogP contribution >= 0.6 is 0 Å². The van der Waals surface area contributed by atoms with E-state index in [0.717, 1.165) is 5.56 Å². The zero-order chi connectivity index (χ0) is 11.3. The highest BCUT2D eigenvalue weighted by atomic mass is 16.5. The summed E-state index contributed by atoms with van der Waals surface area (Å²) in [6.07, 6.45) is 1.85. The molecule has 0 spiro atoms. The van der Waals surface area contributed by atoms with Gasteiger partial charge in [0.25, 0.3) is 0 Å². The molecule has 0 N–H and O–H groups in total. The monoisotopic (exact) mass is 205 g/mol. The second-order valence-corrected chi connectivity index (χ2v) is 4.60. The van der Waals surface area contributed by atoms with Crippen molar-refractivity contribution in [1.29, 1.82) is 0 Å². The van der Waals surface area contributed by atoms with Crippen LogP contribution in [-0.4, -0.2) is 20.1 Å². The molecule has 0 bridgehead atoms. The van der Waals surface area contributed by atoms with E-state index in [-0.39, 0.29) is 5.41 Å². The lowest BCUT2D eigenvalue weighted by atomic mass is 9.86. The summed E-state index contributed by atoms with van der Waals surface area (Å²) in [7, 11) is 1.64. The van der Waals surface area contributed by atoms with E-state index in [1.807, 2.05) is 6.21 Å². The topological polar surface area (TPSA) is 21.6 Å². The molecule has 0 heterocycles. The summed E-state index contributed by atoms with van der Waals surface area (Å²) in [6.45, 7) is 7.04. The van der Waals surface area contributed by atoms with E-state index in [1.165, 1.54) is 5.56 Å². The van der Waals surface area contributed by atoms with Crippen molar-refractivity contribution < 1.29 is 4.74 Å². The number of rotatable bonds is 3. The van der Waals surface area contributed by atoms with Crippen LogP contribution in [-0.2, 0) is 10.2 Å². The third-order valence-corrected chi connectivity index (χ3v) is 2.20. The van der Waals surface area contributed by atoms with Crippen LogP contribution in [0.25, 0.3) is 0 Å². The van der Waals surface area contributed by atoms with Crippen molar-refractivity contribution in [3.63, 3.8) is 0 Å². The number of ether oxygens (including phenoxy) is 1. The Morgan fingerprint density at radius 2 is 2.07 bits per heavy atom. The van der Waals surface area contributed by atoms with Gasteiger partial charge >= 0.3 is 0 Å². The Hall–Kier alpha value is -1.15. The van der Waals surface area contributed by atoms with Gasteiger partial charge in [0, 0.05) is 13.3 Å². The Labute approximate surface area is 92.0 Å². The molecule has 0 aromatic heterocycles. The first-order valence-corrected chi connectivity index (χ1v) is 5.13. The van der Waals surface area contributed by atoms with Crippen molar-refractivity contribution in [2.45, 2.75) is 26.2 Å². The lowest BCUT2D eigenvalue weighted by molar-refractivity contribution is 0.209. The minimum atomic E-state index is 0.186. The molecular weight excluding hydrogens is 186 g/mol. The highest BCUT2D eigenvalue weighted by Crippen LogP contribution is 2.22. The maximum absolute atomic E-state index is 4.86. The van der Waals surface area contributed by atoms with Crippen molar-refractivity contribution in [2.75, 3.05) is 13.8 Å². The second-order valence-electron chi connectivity index (χ2n) is 4.60. The number of nitrogens with zero attached hydrogens (tertiary/aromatic N) is 1. The summed E-state index contributed by atoms with van der Waals surface area (Å²) >= 11 is 0. The van der Waals surface area contributed by atoms with Crippen molar-refractivity contribution >= 4 is 6.21 Å². The maximum atomic E-state index is 4.86. The van der Waals surface area contributed by atoms with Gasteiger partial charge in [-0.3, -0.25) is 4.99 Å². The summed E-state index contributed by atoms with van der Waals surface area (Å²) in [6, 6.07) is 8.43. The maximum Gasteiger partial charge on any atom is 0.137 e. The lowest BCUT2D eigenvalue weighted by Gasteiger charge is -2.19. The first kappa shape index (κ1) is 11.9. The van der Waals surface area contributed by atoms with Crippen molar-refractivity contribution in [3.8, 4) is 0 Å². The van der Waals surface area contributed by atoms with Crippen LogP contribution < -0.4 is 0 Å². The van der Waals surface area contributed by atoms with Crippen LogP contribution in [0.4, 0.5) is 0 Å². The molecule has 0 saturated heterocycles. The van der Waals surface area contributed by atoms with Gasteiger partial charge in [-0.15, -0.1) is 0 Å². The molecule has 0 aliphatic rings. The number of benzene rings is 1. The number of aliphatic imine (C=N–C) groups is 1. The lowest BCUT2D eigenvalue weighted by Crippen LogP contribution is -2.11. The molecule has 15 heavy (non-hydrogen) atoms. The van der Waals surface area contributed by atoms with E-state index < -0.39 is 0 Å². The third kappa shape index (κ3) is 3.84. The summed E-state index contributed by atoms with van der Waals surface area (Å²) in [5, 5.41) is 0.